The fraction of sp³-hybridized carbons (Fsp3) is 0.0984. The number of furan rings is 1. The Morgan fingerprint density at radius 1 is 0.320 bits per heavy atom. The van der Waals surface area contributed by atoms with Crippen molar-refractivity contribution in [1.29, 1.82) is 0 Å². The highest BCUT2D eigenvalue weighted by molar-refractivity contribution is 5.98. The third-order valence-electron chi connectivity index (χ3n) is 26.6. The Balaban J connectivity index is 0.000000135. The molecule has 0 amide bonds. The van der Waals surface area contributed by atoms with Crippen molar-refractivity contribution in [3.8, 4) is 77.9 Å². The van der Waals surface area contributed by atoms with Crippen molar-refractivity contribution in [2.24, 2.45) is 0 Å². The lowest BCUT2D eigenvalue weighted by Gasteiger charge is -2.30. The third kappa shape index (κ3) is 14.7. The Morgan fingerprint density at radius 2 is 0.720 bits per heavy atom. The summed E-state index contributed by atoms with van der Waals surface area (Å²) in [6, 6.07) is 139. The van der Waals surface area contributed by atoms with E-state index in [1.54, 1.807) is 6.26 Å². The van der Waals surface area contributed by atoms with Crippen LogP contribution in [0, 0.1) is 0 Å². The van der Waals surface area contributed by atoms with Gasteiger partial charge in [0, 0.05) is 61.0 Å². The predicted molar refractivity (Wildman–Crippen MR) is 533 cm³/mol. The number of allylic oxidation sites excluding steroid dienone is 7. The summed E-state index contributed by atoms with van der Waals surface area (Å²) in [4.78, 5) is 2.47. The van der Waals surface area contributed by atoms with Crippen LogP contribution < -0.4 is 10.2 Å². The van der Waals surface area contributed by atoms with Gasteiger partial charge < -0.3 is 14.6 Å². The molecule has 0 aliphatic heterocycles. The van der Waals surface area contributed by atoms with Gasteiger partial charge in [0.1, 0.15) is 5.58 Å². The lowest BCUT2D eigenvalue weighted by molar-refractivity contribution is 0.615. The van der Waals surface area contributed by atoms with Gasteiger partial charge in [0.15, 0.2) is 0 Å². The monoisotopic (exact) mass is 1610 g/mol. The minimum Gasteiger partial charge on any atom is -0.464 e. The number of para-hydroxylation sites is 1. The molecule has 0 saturated carbocycles. The SMILES string of the molecule is C=C(/C=C\C1=CC(C)(C)c2ccccc21)c1ccccc1.C=C/C(=C\c1coc2ccccc12)c1ccc(Nc2ccc3c(c2)C(C)(C)c2cc(-c4ccccc4)ccc2-3)cc1.CC1(C)c2cc(-c3ccc4ccccc4c3)ccc2-c2ccc(N(c3ccc(-c4ccccc4)cc3)c3ccc4c(c3)C(C)(C)c3cc(-c5ccc6ccccc6c5)ccc3-4)cc21. The van der Waals surface area contributed by atoms with Gasteiger partial charge in [-0.3, -0.25) is 0 Å². The highest BCUT2D eigenvalue weighted by Gasteiger charge is 2.40. The zero-order chi connectivity index (χ0) is 85.3. The lowest BCUT2D eigenvalue weighted by Crippen LogP contribution is -2.18. The zero-order valence-electron chi connectivity index (χ0n) is 72.1. The zero-order valence-corrected chi connectivity index (χ0v) is 72.1. The molecule has 602 valence electrons. The summed E-state index contributed by atoms with van der Waals surface area (Å²) in [6.07, 6.45) is 12.5. The van der Waals surface area contributed by atoms with Gasteiger partial charge in [0.2, 0.25) is 0 Å². The van der Waals surface area contributed by atoms with E-state index in [0.717, 1.165) is 61.7 Å². The quantitative estimate of drug-likeness (QED) is 0.104. The molecule has 4 aliphatic rings. The second-order valence-electron chi connectivity index (χ2n) is 35.9. The molecule has 0 atom stereocenters. The second kappa shape index (κ2) is 31.8. The van der Waals surface area contributed by atoms with E-state index in [-0.39, 0.29) is 21.7 Å². The second-order valence-corrected chi connectivity index (χ2v) is 35.9. The van der Waals surface area contributed by atoms with Crippen LogP contribution >= 0.6 is 0 Å². The molecule has 0 spiro atoms. The Morgan fingerprint density at radius 3 is 1.26 bits per heavy atom. The first kappa shape index (κ1) is 78.6. The molecule has 0 bridgehead atoms. The average molecular weight is 1610 g/mol. The summed E-state index contributed by atoms with van der Waals surface area (Å²) in [7, 11) is 0. The third-order valence-corrected chi connectivity index (χ3v) is 26.6. The van der Waals surface area contributed by atoms with Crippen molar-refractivity contribution in [1.82, 2.24) is 0 Å². The van der Waals surface area contributed by atoms with E-state index >= 15 is 0 Å². The van der Waals surface area contributed by atoms with E-state index in [2.05, 4.69) is 449 Å². The van der Waals surface area contributed by atoms with E-state index < -0.39 is 0 Å². The normalized spacial score (nSPS) is 14.1. The van der Waals surface area contributed by atoms with Crippen LogP contribution in [-0.2, 0) is 21.7 Å². The summed E-state index contributed by atoms with van der Waals surface area (Å²) in [5, 5.41) is 9.80. The fourth-order valence-electron chi connectivity index (χ4n) is 19.7. The molecule has 17 aromatic carbocycles. The first-order chi connectivity index (χ1) is 60.8. The van der Waals surface area contributed by atoms with Gasteiger partial charge in [0.25, 0.3) is 0 Å². The molecule has 18 aromatic rings. The number of rotatable bonds is 15. The van der Waals surface area contributed by atoms with Crippen LogP contribution in [0.4, 0.5) is 28.4 Å². The highest BCUT2D eigenvalue weighted by atomic mass is 16.3. The van der Waals surface area contributed by atoms with E-state index in [1.165, 1.54) is 155 Å². The summed E-state index contributed by atoms with van der Waals surface area (Å²) in [5.74, 6) is 0. The van der Waals surface area contributed by atoms with Crippen LogP contribution in [-0.4, -0.2) is 0 Å². The number of benzene rings is 17. The van der Waals surface area contributed by atoms with Crippen LogP contribution in [0.1, 0.15) is 117 Å². The van der Waals surface area contributed by atoms with Crippen molar-refractivity contribution in [2.75, 3.05) is 10.2 Å². The molecule has 125 heavy (non-hydrogen) atoms. The van der Waals surface area contributed by atoms with Gasteiger partial charge in [-0.15, -0.1) is 0 Å². The maximum Gasteiger partial charge on any atom is 0.134 e. The molecule has 1 heterocycles. The molecule has 3 heteroatoms. The molecule has 3 nitrogen and oxygen atoms in total. The molecule has 0 saturated heterocycles. The number of nitrogens with one attached hydrogen (secondary N) is 1. The smallest absolute Gasteiger partial charge is 0.134 e. The molecular formula is C122H98N2O. The van der Waals surface area contributed by atoms with Gasteiger partial charge in [0.05, 0.1) is 6.26 Å². The molecule has 0 unspecified atom stereocenters. The average Bonchev–Trinajstić information content (AvgIpc) is 1.57. The van der Waals surface area contributed by atoms with Crippen molar-refractivity contribution in [3.05, 3.63) is 487 Å². The van der Waals surface area contributed by atoms with Crippen LogP contribution in [0.2, 0.25) is 0 Å². The van der Waals surface area contributed by atoms with Crippen LogP contribution in [0.15, 0.2) is 430 Å². The Kier molecular flexibility index (Phi) is 20.0. The van der Waals surface area contributed by atoms with Crippen LogP contribution in [0.5, 0.6) is 0 Å². The first-order valence-electron chi connectivity index (χ1n) is 43.6. The predicted octanol–water partition coefficient (Wildman–Crippen LogP) is 33.6. The molecule has 22 rings (SSSR count). The van der Waals surface area contributed by atoms with E-state index in [4.69, 9.17) is 4.42 Å². The van der Waals surface area contributed by atoms with Crippen molar-refractivity contribution < 1.29 is 4.42 Å². The molecule has 1 N–H and O–H groups in total. The minimum atomic E-state index is -0.194. The highest BCUT2D eigenvalue weighted by Crippen LogP contribution is 2.56. The lowest BCUT2D eigenvalue weighted by atomic mass is 9.81. The van der Waals surface area contributed by atoms with E-state index in [1.807, 2.05) is 42.5 Å². The molecular weight excluding hydrogens is 1510 g/mol. The van der Waals surface area contributed by atoms with E-state index in [9.17, 15) is 0 Å². The number of hydrogen-bond acceptors (Lipinski definition) is 3. The molecule has 0 radical (unpaired) electrons. The Bertz CT molecular complexity index is 7180. The fourth-order valence-corrected chi connectivity index (χ4v) is 19.7. The molecule has 4 aliphatic carbocycles. The van der Waals surface area contributed by atoms with Crippen LogP contribution in [0.25, 0.3) is 133 Å². The van der Waals surface area contributed by atoms with Gasteiger partial charge in [-0.2, -0.15) is 0 Å². The number of fused-ring (bicyclic) bond motifs is 13. The van der Waals surface area contributed by atoms with Gasteiger partial charge >= 0.3 is 0 Å². The topological polar surface area (TPSA) is 28.4 Å². The van der Waals surface area contributed by atoms with Gasteiger partial charge in [-0.1, -0.05) is 378 Å². The first-order valence-corrected chi connectivity index (χ1v) is 43.6. The Hall–Kier alpha value is -14.9. The maximum absolute atomic E-state index is 5.72. The van der Waals surface area contributed by atoms with E-state index in [0.29, 0.717) is 0 Å². The van der Waals surface area contributed by atoms with Crippen molar-refractivity contribution in [3.63, 3.8) is 0 Å². The summed E-state index contributed by atoms with van der Waals surface area (Å²) >= 11 is 0. The van der Waals surface area contributed by atoms with Gasteiger partial charge in [-0.25, -0.2) is 0 Å². The number of anilines is 5. The minimum absolute atomic E-state index is 0.0854. The largest absolute Gasteiger partial charge is 0.464 e. The summed E-state index contributed by atoms with van der Waals surface area (Å²) < 4.78 is 5.72. The molecule has 0 fully saturated rings. The van der Waals surface area contributed by atoms with Crippen LogP contribution in [0.3, 0.4) is 0 Å². The van der Waals surface area contributed by atoms with Gasteiger partial charge in [-0.05, 0) is 275 Å². The summed E-state index contributed by atoms with van der Waals surface area (Å²) in [5.41, 5.74) is 41.6. The summed E-state index contributed by atoms with van der Waals surface area (Å²) in [6.45, 7) is 27.0. The molecule has 1 aromatic heterocycles. The van der Waals surface area contributed by atoms with Crippen molar-refractivity contribution in [2.45, 2.75) is 77.0 Å². The Labute approximate surface area is 735 Å². The van der Waals surface area contributed by atoms with Crippen molar-refractivity contribution >= 4 is 83.7 Å². The number of hydrogen-bond donors (Lipinski definition) is 1. The maximum atomic E-state index is 5.72. The number of nitrogens with zero attached hydrogens (tertiary/aromatic N) is 1. The standard InChI is InChI=1S/C62H47N.C39H31NO.C21H20/c1-61(2)57-36-48(46-20-18-41-14-8-10-16-44(41)34-46)24-30-53(57)55-32-28-51(38-59(55)61)63(50-26-22-43(23-27-50)40-12-6-5-7-13-40)52-29-33-56-54-31-25-49(37-58(54)62(3,4)60(56)39-52)47-21-19-42-15-9-11-17-45(42)35-47;1-4-26(22-30-25-41-38-13-9-8-12-33(30)38)28-14-17-31(18-15-28)40-32-19-21-35-34-20-16-29(27-10-6-5-7-11-27)23-36(34)39(2,3)37(35)24-32;1-16(17-9-5-4-6-10-17)13-14-18-15-21(2,3)20-12-8-7-11-19(18)20/h5-39H,1-4H3;4-25,40H,1H2,2-3H3;4-15H,1H2,2-3H3/b;26-22+;14-13-.